The molecule has 6 heteroatoms. The molecule has 0 bridgehead atoms. The lowest BCUT2D eigenvalue weighted by molar-refractivity contribution is 0.612. The highest BCUT2D eigenvalue weighted by Crippen LogP contribution is 2.21. The Balaban J connectivity index is 2.29. The van der Waals surface area contributed by atoms with Crippen molar-refractivity contribution < 1.29 is 0 Å². The number of aromatic nitrogens is 4. The summed E-state index contributed by atoms with van der Waals surface area (Å²) in [5, 5.41) is 8.41. The van der Waals surface area contributed by atoms with E-state index in [0.717, 1.165) is 41.0 Å². The molecule has 1 N–H and O–H groups in total. The largest absolute Gasteiger partial charge is 0.325 e. The molecule has 2 heterocycles. The number of imidazole rings is 1. The van der Waals surface area contributed by atoms with E-state index in [1.807, 2.05) is 31.8 Å². The van der Waals surface area contributed by atoms with Crippen LogP contribution >= 0.6 is 11.6 Å². The van der Waals surface area contributed by atoms with Crippen molar-refractivity contribution in [1.82, 2.24) is 24.6 Å². The third kappa shape index (κ3) is 2.82. The van der Waals surface area contributed by atoms with Crippen molar-refractivity contribution in [3.63, 3.8) is 0 Å². The Kier molecular flexibility index (Phi) is 4.27. The molecule has 0 aliphatic carbocycles. The van der Waals surface area contributed by atoms with Crippen molar-refractivity contribution in [2.75, 3.05) is 6.54 Å². The lowest BCUT2D eigenvalue weighted by Gasteiger charge is -2.11. The van der Waals surface area contributed by atoms with Crippen molar-refractivity contribution in [3.05, 3.63) is 34.1 Å². The number of halogens is 1. The topological polar surface area (TPSA) is 47.7 Å². The molecule has 5 nitrogen and oxygen atoms in total. The molecule has 2 rings (SSSR count). The second-order valence-electron chi connectivity index (χ2n) is 4.63. The van der Waals surface area contributed by atoms with Crippen molar-refractivity contribution in [3.8, 4) is 0 Å². The SMILES string of the molecule is CCNCc1cnc(C)n1Cc1c(Cl)c(C)nn1C. The molecule has 0 unspecified atom stereocenters. The molecule has 0 saturated carbocycles. The molecule has 104 valence electrons. The molecule has 0 atom stereocenters. The number of nitrogens with zero attached hydrogens (tertiary/aromatic N) is 4. The van der Waals surface area contributed by atoms with Crippen LogP contribution in [-0.2, 0) is 20.1 Å². The molecule has 0 spiro atoms. The van der Waals surface area contributed by atoms with Crippen LogP contribution in [0.1, 0.15) is 29.8 Å². The zero-order valence-corrected chi connectivity index (χ0v) is 12.6. The summed E-state index contributed by atoms with van der Waals surface area (Å²) >= 11 is 6.31. The molecule has 0 aromatic carbocycles. The molecule has 19 heavy (non-hydrogen) atoms. The van der Waals surface area contributed by atoms with E-state index in [0.29, 0.717) is 6.54 Å². The Bertz CT molecular complexity index is 570. The van der Waals surface area contributed by atoms with Gasteiger partial charge in [0, 0.05) is 19.8 Å². The van der Waals surface area contributed by atoms with Crippen LogP contribution in [-0.4, -0.2) is 25.9 Å². The van der Waals surface area contributed by atoms with E-state index in [-0.39, 0.29) is 0 Å². The predicted octanol–water partition coefficient (Wildman–Crippen LogP) is 2.04. The first-order valence-corrected chi connectivity index (χ1v) is 6.82. The van der Waals surface area contributed by atoms with Crippen LogP contribution in [0, 0.1) is 13.8 Å². The second kappa shape index (κ2) is 5.75. The van der Waals surface area contributed by atoms with Crippen LogP contribution < -0.4 is 5.32 Å². The molecule has 0 aliphatic rings. The van der Waals surface area contributed by atoms with Gasteiger partial charge in [0.15, 0.2) is 0 Å². The minimum absolute atomic E-state index is 0.697. The average molecular weight is 282 g/mol. The van der Waals surface area contributed by atoms with Crippen molar-refractivity contribution in [2.45, 2.75) is 33.9 Å². The maximum absolute atomic E-state index is 6.31. The Hall–Kier alpha value is -1.33. The van der Waals surface area contributed by atoms with Gasteiger partial charge in [-0.25, -0.2) is 4.98 Å². The fourth-order valence-corrected chi connectivity index (χ4v) is 2.35. The lowest BCUT2D eigenvalue weighted by atomic mass is 10.3. The van der Waals surface area contributed by atoms with Gasteiger partial charge in [-0.2, -0.15) is 5.10 Å². The van der Waals surface area contributed by atoms with Gasteiger partial charge in [0.25, 0.3) is 0 Å². The van der Waals surface area contributed by atoms with E-state index in [4.69, 9.17) is 11.6 Å². The first-order valence-electron chi connectivity index (χ1n) is 6.44. The van der Waals surface area contributed by atoms with E-state index >= 15 is 0 Å². The minimum Gasteiger partial charge on any atom is -0.325 e. The van der Waals surface area contributed by atoms with Gasteiger partial charge in [-0.05, 0) is 20.4 Å². The molecular formula is C13H20ClN5. The summed E-state index contributed by atoms with van der Waals surface area (Å²) < 4.78 is 4.01. The van der Waals surface area contributed by atoms with Gasteiger partial charge < -0.3 is 9.88 Å². The van der Waals surface area contributed by atoms with Crippen LogP contribution in [0.3, 0.4) is 0 Å². The predicted molar refractivity (Wildman–Crippen MR) is 76.4 cm³/mol. The van der Waals surface area contributed by atoms with E-state index in [2.05, 4.69) is 26.9 Å². The summed E-state index contributed by atoms with van der Waals surface area (Å²) in [5.74, 6) is 0.989. The molecule has 2 aromatic heterocycles. The highest BCUT2D eigenvalue weighted by atomic mass is 35.5. The smallest absolute Gasteiger partial charge is 0.106 e. The molecule has 0 fully saturated rings. The highest BCUT2D eigenvalue weighted by Gasteiger charge is 2.14. The molecule has 2 aromatic rings. The summed E-state index contributed by atoms with van der Waals surface area (Å²) in [6.07, 6.45) is 1.91. The summed E-state index contributed by atoms with van der Waals surface area (Å²) in [5.41, 5.74) is 3.04. The molecule has 0 amide bonds. The van der Waals surface area contributed by atoms with Crippen LogP contribution in [0.4, 0.5) is 0 Å². The number of rotatable bonds is 5. The number of nitrogens with one attached hydrogen (secondary N) is 1. The monoisotopic (exact) mass is 281 g/mol. The zero-order chi connectivity index (χ0) is 14.0. The first kappa shape index (κ1) is 14.1. The van der Waals surface area contributed by atoms with Crippen LogP contribution in [0.5, 0.6) is 0 Å². The van der Waals surface area contributed by atoms with Crippen LogP contribution in [0.2, 0.25) is 5.02 Å². The Morgan fingerprint density at radius 1 is 1.37 bits per heavy atom. The van der Waals surface area contributed by atoms with Gasteiger partial charge in [-0.1, -0.05) is 18.5 Å². The molecular weight excluding hydrogens is 262 g/mol. The fraction of sp³-hybridized carbons (Fsp3) is 0.538. The Morgan fingerprint density at radius 3 is 2.68 bits per heavy atom. The van der Waals surface area contributed by atoms with Crippen molar-refractivity contribution in [2.24, 2.45) is 7.05 Å². The first-order chi connectivity index (χ1) is 9.04. The molecule has 0 aliphatic heterocycles. The highest BCUT2D eigenvalue weighted by molar-refractivity contribution is 6.31. The van der Waals surface area contributed by atoms with E-state index < -0.39 is 0 Å². The molecule has 0 radical (unpaired) electrons. The van der Waals surface area contributed by atoms with Gasteiger partial charge in [-0.15, -0.1) is 0 Å². The summed E-state index contributed by atoms with van der Waals surface area (Å²) in [6, 6.07) is 0. The summed E-state index contributed by atoms with van der Waals surface area (Å²) in [4.78, 5) is 4.38. The van der Waals surface area contributed by atoms with Crippen molar-refractivity contribution >= 4 is 11.6 Å². The Morgan fingerprint density at radius 2 is 2.11 bits per heavy atom. The van der Waals surface area contributed by atoms with Gasteiger partial charge in [0.2, 0.25) is 0 Å². The van der Waals surface area contributed by atoms with E-state index in [9.17, 15) is 0 Å². The summed E-state index contributed by atoms with van der Waals surface area (Å²) in [7, 11) is 1.92. The van der Waals surface area contributed by atoms with Crippen LogP contribution in [0.15, 0.2) is 6.20 Å². The van der Waals surface area contributed by atoms with E-state index in [1.54, 1.807) is 0 Å². The van der Waals surface area contributed by atoms with Gasteiger partial charge in [0.05, 0.1) is 28.6 Å². The van der Waals surface area contributed by atoms with Gasteiger partial charge >= 0.3 is 0 Å². The number of hydrogen-bond acceptors (Lipinski definition) is 3. The standard InChI is InChI=1S/C13H20ClN5/c1-5-15-6-11-7-16-10(3)19(11)8-12-13(14)9(2)17-18(12)4/h7,15H,5-6,8H2,1-4H3. The second-order valence-corrected chi connectivity index (χ2v) is 5.01. The fourth-order valence-electron chi connectivity index (χ4n) is 2.13. The summed E-state index contributed by atoms with van der Waals surface area (Å²) in [6.45, 7) is 8.47. The Labute approximate surface area is 118 Å². The maximum Gasteiger partial charge on any atom is 0.106 e. The normalized spacial score (nSPS) is 11.2. The third-order valence-electron chi connectivity index (χ3n) is 3.26. The van der Waals surface area contributed by atoms with Gasteiger partial charge in [-0.3, -0.25) is 4.68 Å². The lowest BCUT2D eigenvalue weighted by Crippen LogP contribution is -2.17. The van der Waals surface area contributed by atoms with Crippen molar-refractivity contribution in [1.29, 1.82) is 0 Å². The maximum atomic E-state index is 6.31. The van der Waals surface area contributed by atoms with Crippen LogP contribution in [0.25, 0.3) is 0 Å². The number of hydrogen-bond donors (Lipinski definition) is 1. The van der Waals surface area contributed by atoms with Gasteiger partial charge in [0.1, 0.15) is 5.82 Å². The molecule has 0 saturated heterocycles. The zero-order valence-electron chi connectivity index (χ0n) is 11.9. The minimum atomic E-state index is 0.697. The number of aryl methyl sites for hydroxylation is 3. The average Bonchev–Trinajstić information content (AvgIpc) is 2.83. The quantitative estimate of drug-likeness (QED) is 0.912. The third-order valence-corrected chi connectivity index (χ3v) is 3.76. The van der Waals surface area contributed by atoms with E-state index in [1.165, 1.54) is 0 Å².